The third kappa shape index (κ3) is 6.98. The van der Waals surface area contributed by atoms with Crippen molar-refractivity contribution in [3.63, 3.8) is 0 Å². The number of ether oxygens (including phenoxy) is 1. The molecule has 1 aromatic carbocycles. The van der Waals surface area contributed by atoms with Gasteiger partial charge in [-0.1, -0.05) is 44.2 Å². The molecule has 0 spiro atoms. The maximum Gasteiger partial charge on any atom is 0.282 e. The summed E-state index contributed by atoms with van der Waals surface area (Å²) in [6.07, 6.45) is 8.59. The highest BCUT2D eigenvalue weighted by atomic mass is 16.5. The summed E-state index contributed by atoms with van der Waals surface area (Å²) in [5.41, 5.74) is 8.03. The monoisotopic (exact) mass is 453 g/mol. The van der Waals surface area contributed by atoms with Crippen LogP contribution in [-0.2, 0) is 4.74 Å². The lowest BCUT2D eigenvalue weighted by atomic mass is 10.0. The first kappa shape index (κ1) is 25.1. The normalized spacial score (nSPS) is 17.5. The zero-order valence-electron chi connectivity index (χ0n) is 20.5. The molecule has 1 aliphatic carbocycles. The molecule has 0 aliphatic heterocycles. The summed E-state index contributed by atoms with van der Waals surface area (Å²) in [7, 11) is 1.74. The molecule has 0 bridgehead atoms. The molecular formula is C26H39N5O2. The molecule has 1 fully saturated rings. The average molecular weight is 454 g/mol. The predicted octanol–water partition coefficient (Wildman–Crippen LogP) is 4.58. The molecule has 1 saturated carbocycles. The molecule has 2 atom stereocenters. The Bertz CT molecular complexity index is 963. The lowest BCUT2D eigenvalue weighted by Gasteiger charge is -2.30. The van der Waals surface area contributed by atoms with E-state index in [0.717, 1.165) is 22.9 Å². The first-order valence-electron chi connectivity index (χ1n) is 12.2. The maximum atomic E-state index is 12.8. The number of pyridine rings is 1. The van der Waals surface area contributed by atoms with Crippen molar-refractivity contribution < 1.29 is 9.53 Å². The fourth-order valence-corrected chi connectivity index (χ4v) is 4.64. The van der Waals surface area contributed by atoms with Crippen molar-refractivity contribution in [2.45, 2.75) is 83.9 Å². The first-order valence-corrected chi connectivity index (χ1v) is 12.2. The molecule has 0 saturated heterocycles. The molecule has 1 heterocycles. The first-order chi connectivity index (χ1) is 15.9. The topological polar surface area (TPSA) is 102 Å². The number of amides is 1. The maximum absolute atomic E-state index is 12.8. The van der Waals surface area contributed by atoms with Crippen LogP contribution >= 0.6 is 0 Å². The van der Waals surface area contributed by atoms with Gasteiger partial charge < -0.3 is 21.1 Å². The number of amidine groups is 1. The smallest absolute Gasteiger partial charge is 0.282 e. The molecule has 2 unspecified atom stereocenters. The SMILES string of the molecule is CCC(NC1CCCCCC1)C(CNc1nc2ccc(C)cc2cc1C(=O)N=C(C)N)OC. The van der Waals surface area contributed by atoms with Crippen LogP contribution in [0.15, 0.2) is 29.3 Å². The minimum Gasteiger partial charge on any atom is -0.387 e. The van der Waals surface area contributed by atoms with E-state index < -0.39 is 5.91 Å². The van der Waals surface area contributed by atoms with Crippen LogP contribution < -0.4 is 16.4 Å². The Morgan fingerprint density at radius 2 is 1.97 bits per heavy atom. The number of anilines is 1. The third-order valence-electron chi connectivity index (χ3n) is 6.45. The van der Waals surface area contributed by atoms with Gasteiger partial charge in [-0.05, 0) is 51.3 Å². The molecule has 2 aromatic rings. The molecule has 1 amide bonds. The highest BCUT2D eigenvalue weighted by molar-refractivity contribution is 6.07. The van der Waals surface area contributed by atoms with E-state index in [9.17, 15) is 4.79 Å². The van der Waals surface area contributed by atoms with Crippen molar-refractivity contribution in [2.75, 3.05) is 19.0 Å². The van der Waals surface area contributed by atoms with Gasteiger partial charge in [0, 0.05) is 31.1 Å². The zero-order chi connectivity index (χ0) is 23.8. The largest absolute Gasteiger partial charge is 0.387 e. The second-order valence-electron chi connectivity index (χ2n) is 9.16. The van der Waals surface area contributed by atoms with Gasteiger partial charge in [-0.25, -0.2) is 4.98 Å². The van der Waals surface area contributed by atoms with Gasteiger partial charge in [0.05, 0.1) is 17.2 Å². The number of carbonyl (C=O) groups is 1. The highest BCUT2D eigenvalue weighted by Crippen LogP contribution is 2.24. The second-order valence-corrected chi connectivity index (χ2v) is 9.16. The van der Waals surface area contributed by atoms with Gasteiger partial charge >= 0.3 is 0 Å². The minimum atomic E-state index is -0.397. The van der Waals surface area contributed by atoms with Crippen molar-refractivity contribution >= 4 is 28.5 Å². The summed E-state index contributed by atoms with van der Waals surface area (Å²) in [5, 5.41) is 8.13. The van der Waals surface area contributed by atoms with E-state index in [1.54, 1.807) is 14.0 Å². The second kappa shape index (κ2) is 12.1. The quantitative estimate of drug-likeness (QED) is 0.292. The molecule has 7 nitrogen and oxygen atoms in total. The molecule has 7 heteroatoms. The van der Waals surface area contributed by atoms with Crippen LogP contribution in [0.3, 0.4) is 0 Å². The predicted molar refractivity (Wildman–Crippen MR) is 136 cm³/mol. The summed E-state index contributed by atoms with van der Waals surface area (Å²) < 4.78 is 5.88. The number of aromatic nitrogens is 1. The number of nitrogens with two attached hydrogens (primary N) is 1. The number of hydrogen-bond donors (Lipinski definition) is 3. The summed E-state index contributed by atoms with van der Waals surface area (Å²) in [5.74, 6) is 0.336. The number of nitrogens with zero attached hydrogens (tertiary/aromatic N) is 2. The summed E-state index contributed by atoms with van der Waals surface area (Å²) in [4.78, 5) is 21.5. The van der Waals surface area contributed by atoms with Crippen molar-refractivity contribution in [1.29, 1.82) is 0 Å². The number of rotatable bonds is 9. The number of benzene rings is 1. The Morgan fingerprint density at radius 3 is 2.61 bits per heavy atom. The van der Waals surface area contributed by atoms with Crippen molar-refractivity contribution in [2.24, 2.45) is 10.7 Å². The minimum absolute atomic E-state index is 0.0588. The van der Waals surface area contributed by atoms with E-state index >= 15 is 0 Å². The van der Waals surface area contributed by atoms with Gasteiger partial charge in [-0.15, -0.1) is 0 Å². The standard InChI is InChI=1S/C26H39N5O2/c1-5-22(30-20-10-8-6-7-9-11-20)24(33-4)16-28-25-21(26(32)29-18(3)27)15-19-14-17(2)12-13-23(19)31-25/h12-15,20,22,24,30H,5-11,16H2,1-4H3,(H,28,31)(H2,27,29,32). The van der Waals surface area contributed by atoms with Crippen molar-refractivity contribution in [3.8, 4) is 0 Å². The Balaban J connectivity index is 1.81. The van der Waals surface area contributed by atoms with Crippen LogP contribution in [0.2, 0.25) is 0 Å². The molecule has 33 heavy (non-hydrogen) atoms. The molecule has 3 rings (SSSR count). The number of aryl methyl sites for hydroxylation is 1. The van der Waals surface area contributed by atoms with Crippen LogP contribution in [0.1, 0.15) is 74.7 Å². The number of methoxy groups -OCH3 is 1. The fraction of sp³-hybridized carbons (Fsp3) is 0.577. The summed E-state index contributed by atoms with van der Waals surface area (Å²) in [6.45, 7) is 6.34. The van der Waals surface area contributed by atoms with Crippen molar-refractivity contribution in [3.05, 3.63) is 35.4 Å². The van der Waals surface area contributed by atoms with Gasteiger partial charge in [-0.3, -0.25) is 4.79 Å². The van der Waals surface area contributed by atoms with E-state index in [2.05, 4.69) is 22.5 Å². The van der Waals surface area contributed by atoms with E-state index in [0.29, 0.717) is 24.0 Å². The van der Waals surface area contributed by atoms with Gasteiger partial charge in [0.15, 0.2) is 0 Å². The number of fused-ring (bicyclic) bond motifs is 1. The molecule has 1 aliphatic rings. The highest BCUT2D eigenvalue weighted by Gasteiger charge is 2.24. The van der Waals surface area contributed by atoms with Crippen LogP contribution in [0.25, 0.3) is 10.9 Å². The average Bonchev–Trinajstić information content (AvgIpc) is 3.06. The van der Waals surface area contributed by atoms with E-state index in [4.69, 9.17) is 15.5 Å². The van der Waals surface area contributed by atoms with E-state index in [1.165, 1.54) is 38.5 Å². The molecule has 0 radical (unpaired) electrons. The number of aliphatic imine (C=N–C) groups is 1. The number of carbonyl (C=O) groups excluding carboxylic acids is 1. The zero-order valence-corrected chi connectivity index (χ0v) is 20.5. The lowest BCUT2D eigenvalue weighted by molar-refractivity contribution is 0.0713. The van der Waals surface area contributed by atoms with Crippen LogP contribution in [0.5, 0.6) is 0 Å². The molecule has 1 aromatic heterocycles. The Kier molecular flexibility index (Phi) is 9.21. The van der Waals surface area contributed by atoms with Crippen molar-refractivity contribution in [1.82, 2.24) is 10.3 Å². The van der Waals surface area contributed by atoms with E-state index in [-0.39, 0.29) is 18.0 Å². The summed E-state index contributed by atoms with van der Waals surface area (Å²) >= 11 is 0. The molecule has 4 N–H and O–H groups in total. The lowest BCUT2D eigenvalue weighted by Crippen LogP contribution is -2.48. The Morgan fingerprint density at radius 1 is 1.24 bits per heavy atom. The van der Waals surface area contributed by atoms with Gasteiger partial charge in [-0.2, -0.15) is 4.99 Å². The van der Waals surface area contributed by atoms with Crippen LogP contribution in [-0.4, -0.2) is 48.6 Å². The summed E-state index contributed by atoms with van der Waals surface area (Å²) in [6, 6.07) is 8.61. The van der Waals surface area contributed by atoms with Crippen LogP contribution in [0, 0.1) is 6.92 Å². The van der Waals surface area contributed by atoms with E-state index in [1.807, 2.05) is 31.2 Å². The van der Waals surface area contributed by atoms with Crippen LogP contribution in [0.4, 0.5) is 5.82 Å². The molecule has 180 valence electrons. The number of hydrogen-bond acceptors (Lipinski definition) is 5. The number of nitrogens with one attached hydrogen (secondary N) is 2. The molecular weight excluding hydrogens is 414 g/mol. The van der Waals surface area contributed by atoms with Gasteiger partial charge in [0.25, 0.3) is 5.91 Å². The van der Waals surface area contributed by atoms with Gasteiger partial charge in [0.2, 0.25) is 0 Å². The third-order valence-corrected chi connectivity index (χ3v) is 6.45. The van der Waals surface area contributed by atoms with Gasteiger partial charge in [0.1, 0.15) is 11.7 Å². The Labute approximate surface area is 197 Å². The fourth-order valence-electron chi connectivity index (χ4n) is 4.64. The Hall–Kier alpha value is -2.51.